The molecule has 0 radical (unpaired) electrons. The minimum Gasteiger partial charge on any atom is -0.381 e. The monoisotopic (exact) mass is 349 g/mol. The predicted octanol–water partition coefficient (Wildman–Crippen LogP) is 2.40. The molecule has 3 saturated heterocycles. The zero-order valence-corrected chi connectivity index (χ0v) is 15.2. The van der Waals surface area contributed by atoms with Gasteiger partial charge in [-0.1, -0.05) is 12.2 Å². The Bertz CT molecular complexity index is 486. The molecule has 0 aromatic rings. The smallest absolute Gasteiger partial charge is 0.226 e. The molecule has 140 valence electrons. The second-order valence-corrected chi connectivity index (χ2v) is 8.15. The third-order valence-electron chi connectivity index (χ3n) is 6.49. The van der Waals surface area contributed by atoms with Crippen LogP contribution in [0.1, 0.15) is 38.5 Å². The van der Waals surface area contributed by atoms with Crippen LogP contribution in [0.4, 0.5) is 0 Å². The van der Waals surface area contributed by atoms with Crippen LogP contribution in [0.15, 0.2) is 12.2 Å². The number of likely N-dealkylation sites (tertiary alicyclic amines) is 1. The quantitative estimate of drug-likeness (QED) is 0.546. The molecule has 4 aliphatic rings. The van der Waals surface area contributed by atoms with Gasteiger partial charge >= 0.3 is 0 Å². The maximum absolute atomic E-state index is 12.5. The molecule has 3 aliphatic heterocycles. The molecular formula is C20H31NO4. The lowest BCUT2D eigenvalue weighted by Crippen LogP contribution is -2.66. The third-order valence-corrected chi connectivity index (χ3v) is 6.49. The van der Waals surface area contributed by atoms with Crippen molar-refractivity contribution in [2.24, 2.45) is 17.8 Å². The average Bonchev–Trinajstić information content (AvgIpc) is 3.27. The van der Waals surface area contributed by atoms with E-state index in [0.717, 1.165) is 84.6 Å². The van der Waals surface area contributed by atoms with Crippen molar-refractivity contribution in [1.29, 1.82) is 0 Å². The van der Waals surface area contributed by atoms with E-state index in [1.807, 2.05) is 4.90 Å². The van der Waals surface area contributed by atoms with Crippen molar-refractivity contribution in [2.45, 2.75) is 44.1 Å². The van der Waals surface area contributed by atoms with Crippen molar-refractivity contribution in [2.75, 3.05) is 46.1 Å². The van der Waals surface area contributed by atoms with Gasteiger partial charge in [-0.15, -0.1) is 0 Å². The van der Waals surface area contributed by atoms with Crippen LogP contribution in [-0.4, -0.2) is 62.5 Å². The van der Waals surface area contributed by atoms with Gasteiger partial charge in [0, 0.05) is 39.0 Å². The van der Waals surface area contributed by atoms with Gasteiger partial charge in [-0.05, 0) is 50.4 Å². The Kier molecular flexibility index (Phi) is 5.44. The van der Waals surface area contributed by atoms with E-state index in [2.05, 4.69) is 12.2 Å². The summed E-state index contributed by atoms with van der Waals surface area (Å²) >= 11 is 0. The van der Waals surface area contributed by atoms with Crippen LogP contribution in [0, 0.1) is 17.8 Å². The molecule has 5 nitrogen and oxygen atoms in total. The SMILES string of the molecule is O=C(C1CC=CC1)N1CC2(C1)OCC[C@@H]2CCOCC1CCOCC1. The normalized spacial score (nSPS) is 29.4. The van der Waals surface area contributed by atoms with Gasteiger partial charge in [0.05, 0.1) is 13.1 Å². The fraction of sp³-hybridized carbons (Fsp3) is 0.850. The Morgan fingerprint density at radius 3 is 2.64 bits per heavy atom. The molecule has 0 saturated carbocycles. The fourth-order valence-electron chi connectivity index (χ4n) is 4.76. The van der Waals surface area contributed by atoms with E-state index >= 15 is 0 Å². The summed E-state index contributed by atoms with van der Waals surface area (Å²) in [5.41, 5.74) is -0.0796. The Labute approximate surface area is 150 Å². The number of hydrogen-bond donors (Lipinski definition) is 0. The highest BCUT2D eigenvalue weighted by atomic mass is 16.5. The molecule has 4 rings (SSSR count). The molecule has 5 heteroatoms. The lowest BCUT2D eigenvalue weighted by atomic mass is 9.78. The van der Waals surface area contributed by atoms with Crippen molar-refractivity contribution >= 4 is 5.91 Å². The van der Waals surface area contributed by atoms with E-state index in [1.165, 1.54) is 0 Å². The van der Waals surface area contributed by atoms with Crippen LogP contribution in [-0.2, 0) is 19.0 Å². The second kappa shape index (κ2) is 7.77. The summed E-state index contributed by atoms with van der Waals surface area (Å²) in [6.45, 7) is 5.84. The lowest BCUT2D eigenvalue weighted by molar-refractivity contribution is -0.169. The molecular weight excluding hydrogens is 318 g/mol. The lowest BCUT2D eigenvalue weighted by Gasteiger charge is -2.51. The van der Waals surface area contributed by atoms with Gasteiger partial charge in [0.2, 0.25) is 5.91 Å². The number of rotatable bonds is 6. The van der Waals surface area contributed by atoms with Gasteiger partial charge < -0.3 is 19.1 Å². The van der Waals surface area contributed by atoms with E-state index in [-0.39, 0.29) is 11.5 Å². The Morgan fingerprint density at radius 2 is 1.88 bits per heavy atom. The second-order valence-electron chi connectivity index (χ2n) is 8.15. The van der Waals surface area contributed by atoms with Gasteiger partial charge in [-0.2, -0.15) is 0 Å². The van der Waals surface area contributed by atoms with Crippen LogP contribution in [0.25, 0.3) is 0 Å². The third kappa shape index (κ3) is 3.79. The molecule has 3 fully saturated rings. The highest BCUT2D eigenvalue weighted by Crippen LogP contribution is 2.42. The molecule has 0 N–H and O–H groups in total. The summed E-state index contributed by atoms with van der Waals surface area (Å²) in [6, 6.07) is 0. The molecule has 0 aromatic carbocycles. The van der Waals surface area contributed by atoms with Crippen molar-refractivity contribution in [1.82, 2.24) is 4.90 Å². The number of nitrogens with zero attached hydrogens (tertiary/aromatic N) is 1. The van der Waals surface area contributed by atoms with Crippen LogP contribution >= 0.6 is 0 Å². The van der Waals surface area contributed by atoms with Crippen LogP contribution < -0.4 is 0 Å². The Morgan fingerprint density at radius 1 is 1.12 bits per heavy atom. The molecule has 1 aliphatic carbocycles. The maximum Gasteiger partial charge on any atom is 0.226 e. The molecule has 1 amide bonds. The number of ether oxygens (including phenoxy) is 3. The minimum absolute atomic E-state index is 0.0796. The molecule has 1 atom stereocenters. The fourth-order valence-corrected chi connectivity index (χ4v) is 4.76. The Hall–Kier alpha value is -0.910. The Balaban J connectivity index is 1.18. The number of carbonyl (C=O) groups is 1. The minimum atomic E-state index is -0.0796. The van der Waals surface area contributed by atoms with E-state index in [9.17, 15) is 4.79 Å². The van der Waals surface area contributed by atoms with Crippen molar-refractivity contribution < 1.29 is 19.0 Å². The van der Waals surface area contributed by atoms with Crippen molar-refractivity contribution in [3.63, 3.8) is 0 Å². The first-order valence-electron chi connectivity index (χ1n) is 10.00. The van der Waals surface area contributed by atoms with Gasteiger partial charge in [0.1, 0.15) is 5.60 Å². The zero-order valence-electron chi connectivity index (χ0n) is 15.2. The predicted molar refractivity (Wildman–Crippen MR) is 94.2 cm³/mol. The van der Waals surface area contributed by atoms with Gasteiger partial charge in [0.25, 0.3) is 0 Å². The maximum atomic E-state index is 12.5. The molecule has 0 unspecified atom stereocenters. The largest absolute Gasteiger partial charge is 0.381 e. The summed E-state index contributed by atoms with van der Waals surface area (Å²) < 4.78 is 17.4. The first-order valence-corrected chi connectivity index (χ1v) is 10.00. The van der Waals surface area contributed by atoms with Crippen LogP contribution in [0.3, 0.4) is 0 Å². The zero-order chi connectivity index (χ0) is 17.1. The molecule has 1 spiro atoms. The molecule has 25 heavy (non-hydrogen) atoms. The number of allylic oxidation sites excluding steroid dienone is 2. The molecule has 0 bridgehead atoms. The van der Waals surface area contributed by atoms with Crippen LogP contribution in [0.2, 0.25) is 0 Å². The van der Waals surface area contributed by atoms with E-state index in [1.54, 1.807) is 0 Å². The molecule has 3 heterocycles. The summed E-state index contributed by atoms with van der Waals surface area (Å²) in [7, 11) is 0. The van der Waals surface area contributed by atoms with E-state index in [4.69, 9.17) is 14.2 Å². The summed E-state index contributed by atoms with van der Waals surface area (Å²) in [6.07, 6.45) is 10.5. The van der Waals surface area contributed by atoms with Gasteiger partial charge in [-0.25, -0.2) is 0 Å². The summed E-state index contributed by atoms with van der Waals surface area (Å²) in [5.74, 6) is 1.70. The molecule has 0 aromatic heterocycles. The highest BCUT2D eigenvalue weighted by Gasteiger charge is 2.54. The first-order chi connectivity index (χ1) is 12.3. The average molecular weight is 349 g/mol. The summed E-state index contributed by atoms with van der Waals surface area (Å²) in [4.78, 5) is 14.5. The number of carbonyl (C=O) groups excluding carboxylic acids is 1. The standard InChI is InChI=1S/C20H31NO4/c22-19(17-3-1-2-4-17)21-14-20(15-21)18(8-12-25-20)7-11-24-13-16-5-9-23-10-6-16/h1-2,16-18H,3-15H2/t18-/m0/s1. The van der Waals surface area contributed by atoms with Crippen molar-refractivity contribution in [3.8, 4) is 0 Å². The first kappa shape index (κ1) is 17.5. The van der Waals surface area contributed by atoms with Gasteiger partial charge in [-0.3, -0.25) is 4.79 Å². The van der Waals surface area contributed by atoms with E-state index in [0.29, 0.717) is 17.7 Å². The summed E-state index contributed by atoms with van der Waals surface area (Å²) in [5, 5.41) is 0. The number of amides is 1. The van der Waals surface area contributed by atoms with Crippen molar-refractivity contribution in [3.05, 3.63) is 12.2 Å². The van der Waals surface area contributed by atoms with Crippen LogP contribution in [0.5, 0.6) is 0 Å². The highest BCUT2D eigenvalue weighted by molar-refractivity contribution is 5.80. The topological polar surface area (TPSA) is 48.0 Å². The van der Waals surface area contributed by atoms with Gasteiger partial charge in [0.15, 0.2) is 0 Å². The number of hydrogen-bond acceptors (Lipinski definition) is 4. The van der Waals surface area contributed by atoms with E-state index < -0.39 is 0 Å².